The van der Waals surface area contributed by atoms with Crippen molar-refractivity contribution in [2.45, 2.75) is 126 Å². The number of carboxylic acid groups (broad SMARTS) is 1. The predicted molar refractivity (Wildman–Crippen MR) is 273 cm³/mol. The lowest BCUT2D eigenvalue weighted by Gasteiger charge is -2.50. The summed E-state index contributed by atoms with van der Waals surface area (Å²) in [6, 6.07) is 41.3. The van der Waals surface area contributed by atoms with E-state index in [4.69, 9.17) is 52.1 Å². The summed E-state index contributed by atoms with van der Waals surface area (Å²) in [5.74, 6) is -3.70. The van der Waals surface area contributed by atoms with E-state index in [0.717, 1.165) is 11.1 Å². The van der Waals surface area contributed by atoms with Crippen LogP contribution in [0.4, 0.5) is 0 Å². The van der Waals surface area contributed by atoms with Gasteiger partial charge in [0.1, 0.15) is 43.1 Å². The molecule has 0 saturated carbocycles. The second-order valence-electron chi connectivity index (χ2n) is 18.4. The van der Waals surface area contributed by atoms with Gasteiger partial charge in [-0.25, -0.2) is 14.4 Å². The van der Waals surface area contributed by atoms with Crippen LogP contribution in [-0.2, 0) is 76.7 Å². The molecule has 0 spiro atoms. The summed E-state index contributed by atoms with van der Waals surface area (Å²) in [4.78, 5) is 47.9. The Kier molecular flexibility index (Phi) is 20.1. The summed E-state index contributed by atoms with van der Waals surface area (Å²) < 4.78 is 70.8. The van der Waals surface area contributed by atoms with E-state index in [0.29, 0.717) is 5.56 Å². The normalized spacial score (nSPS) is 28.9. The SMILES string of the molecule is CCC1OC(OC)[C@@H](N=[N+]=[N-])[C@H](OCc2ccccc2)C1O[C@@H]1O[C@@H](C(=O)O)[C@@H](OC2OC(COC(=O)c3ccccc3)C(C)[C@@H](OCc3ccccc3)[C@@H]2N=[N+]=[N-])C(OCc2ccccc2)C1OC(=O)c1ccccc1. The summed E-state index contributed by atoms with van der Waals surface area (Å²) in [6.07, 6.45) is -16.5. The molecule has 0 aromatic heterocycles. The molecule has 3 aliphatic rings. The third kappa shape index (κ3) is 14.2. The average molecular weight is 1060 g/mol. The minimum absolute atomic E-state index is 0.0129. The van der Waals surface area contributed by atoms with Crippen LogP contribution < -0.4 is 0 Å². The Morgan fingerprint density at radius 1 is 0.545 bits per heavy atom. The number of hydrogen-bond donors (Lipinski definition) is 1. The van der Waals surface area contributed by atoms with Gasteiger partial charge in [-0.15, -0.1) is 0 Å². The van der Waals surface area contributed by atoms with Gasteiger partial charge in [0, 0.05) is 22.9 Å². The molecule has 404 valence electrons. The fraction of sp³-hybridized carbons (Fsp3) is 0.411. The van der Waals surface area contributed by atoms with Gasteiger partial charge in [-0.3, -0.25) is 0 Å². The molecular weight excluding hydrogens is 997 g/mol. The molecule has 21 nitrogen and oxygen atoms in total. The highest BCUT2D eigenvalue weighted by Gasteiger charge is 2.58. The summed E-state index contributed by atoms with van der Waals surface area (Å²) in [6.45, 7) is 3.14. The molecule has 0 bridgehead atoms. The van der Waals surface area contributed by atoms with Crippen molar-refractivity contribution in [2.24, 2.45) is 16.1 Å². The van der Waals surface area contributed by atoms with Crippen molar-refractivity contribution >= 4 is 17.9 Å². The third-order valence-electron chi connectivity index (χ3n) is 13.5. The maximum absolute atomic E-state index is 14.4. The van der Waals surface area contributed by atoms with Crippen molar-refractivity contribution in [1.82, 2.24) is 0 Å². The van der Waals surface area contributed by atoms with Gasteiger partial charge in [0.05, 0.1) is 49.3 Å². The summed E-state index contributed by atoms with van der Waals surface area (Å²) in [5, 5.41) is 19.4. The number of ether oxygens (including phenoxy) is 11. The van der Waals surface area contributed by atoms with Crippen molar-refractivity contribution in [3.05, 3.63) is 200 Å². The third-order valence-corrected chi connectivity index (χ3v) is 13.5. The molecule has 3 fully saturated rings. The van der Waals surface area contributed by atoms with Crippen LogP contribution in [-0.4, -0.2) is 123 Å². The van der Waals surface area contributed by atoms with Gasteiger partial charge in [0.25, 0.3) is 0 Å². The number of carboxylic acids is 1. The number of carbonyl (C=O) groups excluding carboxylic acids is 2. The standard InChI is InChI=1S/C56H60N6O15/c1-4-40-45(46(43(60-62-58)54(67-3)72-40)69-31-36-22-12-6-13-23-36)75-56-50(74-53(66)39-28-18-9-19-29-39)47(70-32-37-24-14-7-15-25-37)48(49(77-56)51(63)64)76-55-42(59-61-57)44(68-30-35-20-10-5-11-21-35)34(2)41(73-55)33-71-52(65)38-26-16-8-17-27-38/h5-29,34,40-50,54-56H,4,30-33H2,1-3H3,(H,63,64)/t34?,40?,41?,42-,43-,44+,45?,46-,47?,48-,49+,50?,54?,55?,56+/m0/s1. The molecular formula is C56H60N6O15. The van der Waals surface area contributed by atoms with E-state index in [1.807, 2.05) is 73.7 Å². The van der Waals surface area contributed by atoms with E-state index < -0.39 is 110 Å². The van der Waals surface area contributed by atoms with Crippen LogP contribution in [0, 0.1) is 5.92 Å². The zero-order valence-corrected chi connectivity index (χ0v) is 42.5. The maximum Gasteiger partial charge on any atom is 0.338 e. The van der Waals surface area contributed by atoms with E-state index in [1.165, 1.54) is 19.2 Å². The van der Waals surface area contributed by atoms with Gasteiger partial charge < -0.3 is 57.2 Å². The lowest BCUT2D eigenvalue weighted by Crippen LogP contribution is -2.67. The quantitative estimate of drug-likeness (QED) is 0.0277. The molecule has 0 aliphatic carbocycles. The smallest absolute Gasteiger partial charge is 0.338 e. The molecule has 3 aliphatic heterocycles. The lowest BCUT2D eigenvalue weighted by atomic mass is 9.89. The first-order valence-corrected chi connectivity index (χ1v) is 25.2. The van der Waals surface area contributed by atoms with Crippen molar-refractivity contribution in [3.63, 3.8) is 0 Å². The number of aliphatic carboxylic acids is 1. The zero-order valence-electron chi connectivity index (χ0n) is 42.5. The molecule has 3 saturated heterocycles. The zero-order chi connectivity index (χ0) is 54.1. The number of benzene rings is 5. The van der Waals surface area contributed by atoms with E-state index in [-0.39, 0.29) is 44.0 Å². The first kappa shape index (κ1) is 56.0. The predicted octanol–water partition coefficient (Wildman–Crippen LogP) is 8.91. The van der Waals surface area contributed by atoms with Crippen LogP contribution >= 0.6 is 0 Å². The number of nitrogens with zero attached hydrogens (tertiary/aromatic N) is 6. The van der Waals surface area contributed by atoms with Crippen molar-refractivity contribution < 1.29 is 71.6 Å². The second kappa shape index (κ2) is 27.7. The van der Waals surface area contributed by atoms with E-state index in [9.17, 15) is 30.6 Å². The van der Waals surface area contributed by atoms with Gasteiger partial charge in [0.2, 0.25) is 0 Å². The molecule has 0 radical (unpaired) electrons. The first-order chi connectivity index (χ1) is 37.6. The molecule has 3 heterocycles. The fourth-order valence-electron chi connectivity index (χ4n) is 9.51. The Morgan fingerprint density at radius 2 is 1.00 bits per heavy atom. The highest BCUT2D eigenvalue weighted by molar-refractivity contribution is 5.90. The Bertz CT molecular complexity index is 2760. The largest absolute Gasteiger partial charge is 0.479 e. The summed E-state index contributed by atoms with van der Waals surface area (Å²) >= 11 is 0. The molecule has 0 amide bonds. The molecule has 8 unspecified atom stereocenters. The van der Waals surface area contributed by atoms with Crippen molar-refractivity contribution in [2.75, 3.05) is 13.7 Å². The number of esters is 2. The molecule has 1 N–H and O–H groups in total. The topological polar surface area (TPSA) is 270 Å². The highest BCUT2D eigenvalue weighted by Crippen LogP contribution is 2.39. The van der Waals surface area contributed by atoms with Crippen LogP contribution in [0.25, 0.3) is 20.9 Å². The number of hydrogen-bond acceptors (Lipinski definition) is 16. The van der Waals surface area contributed by atoms with Crippen LogP contribution in [0.3, 0.4) is 0 Å². The monoisotopic (exact) mass is 1060 g/mol. The molecule has 21 heteroatoms. The number of carbonyl (C=O) groups is 3. The lowest BCUT2D eigenvalue weighted by molar-refractivity contribution is -0.364. The van der Waals surface area contributed by atoms with Gasteiger partial charge >= 0.3 is 17.9 Å². The Hall–Kier alpha value is -7.23. The van der Waals surface area contributed by atoms with E-state index >= 15 is 0 Å². The summed E-state index contributed by atoms with van der Waals surface area (Å²) in [7, 11) is 1.39. The van der Waals surface area contributed by atoms with Gasteiger partial charge in [-0.05, 0) is 58.4 Å². The Labute approximate surface area is 444 Å². The highest BCUT2D eigenvalue weighted by atomic mass is 16.8. The molecule has 77 heavy (non-hydrogen) atoms. The molecule has 5 aromatic rings. The maximum atomic E-state index is 14.4. The Morgan fingerprint density at radius 3 is 1.49 bits per heavy atom. The summed E-state index contributed by atoms with van der Waals surface area (Å²) in [5.41, 5.74) is 22.6. The number of azide groups is 2. The van der Waals surface area contributed by atoms with Crippen molar-refractivity contribution in [1.29, 1.82) is 0 Å². The van der Waals surface area contributed by atoms with Crippen LogP contribution in [0.15, 0.2) is 162 Å². The van der Waals surface area contributed by atoms with Gasteiger partial charge in [-0.2, -0.15) is 0 Å². The van der Waals surface area contributed by atoms with Crippen molar-refractivity contribution in [3.8, 4) is 0 Å². The first-order valence-electron chi connectivity index (χ1n) is 25.2. The van der Waals surface area contributed by atoms with Gasteiger partial charge in [0.15, 0.2) is 31.1 Å². The fourth-order valence-corrected chi connectivity index (χ4v) is 9.51. The van der Waals surface area contributed by atoms with E-state index in [2.05, 4.69) is 20.1 Å². The van der Waals surface area contributed by atoms with Crippen LogP contribution in [0.2, 0.25) is 0 Å². The minimum atomic E-state index is -2.01. The number of rotatable bonds is 23. The van der Waals surface area contributed by atoms with Crippen LogP contribution in [0.5, 0.6) is 0 Å². The minimum Gasteiger partial charge on any atom is -0.479 e. The average Bonchev–Trinajstić information content (AvgIpc) is 3.48. The number of methoxy groups -OCH3 is 1. The second-order valence-corrected chi connectivity index (χ2v) is 18.4. The van der Waals surface area contributed by atoms with Gasteiger partial charge in [-0.1, -0.05) is 151 Å². The van der Waals surface area contributed by atoms with E-state index in [1.54, 1.807) is 79.7 Å². The Balaban J connectivity index is 1.21. The molecule has 8 rings (SSSR count). The van der Waals surface area contributed by atoms with Crippen LogP contribution in [0.1, 0.15) is 57.7 Å². The molecule has 5 aromatic carbocycles. The molecule has 15 atom stereocenters.